The summed E-state index contributed by atoms with van der Waals surface area (Å²) in [6.07, 6.45) is 0. The third-order valence-corrected chi connectivity index (χ3v) is 2.86. The molecule has 1 aromatic rings. The first-order valence-corrected chi connectivity index (χ1v) is 6.15. The van der Waals surface area contributed by atoms with Gasteiger partial charge in [-0.25, -0.2) is 0 Å². The lowest BCUT2D eigenvalue weighted by Gasteiger charge is -2.23. The number of ether oxygens (including phenoxy) is 1. The van der Waals surface area contributed by atoms with E-state index in [1.807, 2.05) is 0 Å². The summed E-state index contributed by atoms with van der Waals surface area (Å²) in [5, 5.41) is 20.1. The molecule has 0 aromatic heterocycles. The van der Waals surface area contributed by atoms with E-state index in [4.69, 9.17) is 9.84 Å². The van der Waals surface area contributed by atoms with E-state index in [9.17, 15) is 14.9 Å². The molecule has 110 valence electrons. The summed E-state index contributed by atoms with van der Waals surface area (Å²) in [6, 6.07) is 4.42. The Morgan fingerprint density at radius 2 is 2.15 bits per heavy atom. The summed E-state index contributed by atoms with van der Waals surface area (Å²) in [4.78, 5) is 23.6. The second kappa shape index (κ2) is 7.56. The molecular weight excluding hydrogens is 264 g/mol. The second-order valence-electron chi connectivity index (χ2n) is 4.22. The lowest BCUT2D eigenvalue weighted by Crippen LogP contribution is -2.30. The number of aliphatic hydroxyl groups excluding tert-OH is 1. The van der Waals surface area contributed by atoms with Gasteiger partial charge in [-0.2, -0.15) is 0 Å². The molecule has 0 bridgehead atoms. The number of rotatable bonds is 8. The third kappa shape index (κ3) is 4.01. The van der Waals surface area contributed by atoms with Crippen molar-refractivity contribution >= 4 is 17.2 Å². The summed E-state index contributed by atoms with van der Waals surface area (Å²) in [7, 11) is 1.55. The molecule has 1 rings (SSSR count). The molecule has 0 unspecified atom stereocenters. The summed E-state index contributed by atoms with van der Waals surface area (Å²) < 4.78 is 4.97. The van der Waals surface area contributed by atoms with Crippen LogP contribution in [0.25, 0.3) is 0 Å². The maximum absolute atomic E-state index is 11.4. The van der Waals surface area contributed by atoms with E-state index in [-0.39, 0.29) is 23.6 Å². The van der Waals surface area contributed by atoms with E-state index in [1.54, 1.807) is 18.1 Å². The average Bonchev–Trinajstić information content (AvgIpc) is 2.42. The standard InChI is InChI=1S/C13H18N2O5/c1-10(17)12-4-3-11(9-13(12)15(18)19)14(5-7-16)6-8-20-2/h3-4,9,16H,5-8H2,1-2H3. The average molecular weight is 282 g/mol. The van der Waals surface area contributed by atoms with E-state index in [0.29, 0.717) is 25.4 Å². The highest BCUT2D eigenvalue weighted by Gasteiger charge is 2.19. The largest absolute Gasteiger partial charge is 0.395 e. The Hall–Kier alpha value is -1.99. The maximum Gasteiger partial charge on any atom is 0.282 e. The molecule has 0 amide bonds. The van der Waals surface area contributed by atoms with Gasteiger partial charge in [-0.05, 0) is 19.1 Å². The van der Waals surface area contributed by atoms with Crippen molar-refractivity contribution in [2.24, 2.45) is 0 Å². The fraction of sp³-hybridized carbons (Fsp3) is 0.462. The van der Waals surface area contributed by atoms with Crippen LogP contribution in [-0.4, -0.2) is 49.2 Å². The zero-order valence-corrected chi connectivity index (χ0v) is 11.5. The van der Waals surface area contributed by atoms with Crippen LogP contribution in [0.3, 0.4) is 0 Å². The van der Waals surface area contributed by atoms with Crippen LogP contribution in [0.1, 0.15) is 17.3 Å². The SMILES string of the molecule is COCCN(CCO)c1ccc(C(C)=O)c([N+](=O)[O-])c1. The van der Waals surface area contributed by atoms with Gasteiger partial charge < -0.3 is 14.7 Å². The van der Waals surface area contributed by atoms with Crippen LogP contribution in [0.4, 0.5) is 11.4 Å². The molecule has 0 spiro atoms. The number of Topliss-reactive ketones (excluding diaryl/α,β-unsaturated/α-hetero) is 1. The van der Waals surface area contributed by atoms with Gasteiger partial charge in [0.25, 0.3) is 5.69 Å². The highest BCUT2D eigenvalue weighted by Crippen LogP contribution is 2.26. The van der Waals surface area contributed by atoms with Crippen molar-refractivity contribution < 1.29 is 19.6 Å². The minimum absolute atomic E-state index is 0.0774. The highest BCUT2D eigenvalue weighted by atomic mass is 16.6. The first-order valence-electron chi connectivity index (χ1n) is 6.15. The van der Waals surface area contributed by atoms with Crippen LogP contribution in [0.2, 0.25) is 0 Å². The molecule has 0 aliphatic carbocycles. The number of carbonyl (C=O) groups excluding carboxylic acids is 1. The molecule has 0 heterocycles. The predicted octanol–water partition coefficient (Wildman–Crippen LogP) is 1.24. The number of nitro groups is 1. The molecule has 7 nitrogen and oxygen atoms in total. The lowest BCUT2D eigenvalue weighted by atomic mass is 10.1. The highest BCUT2D eigenvalue weighted by molar-refractivity contribution is 5.98. The number of benzene rings is 1. The number of carbonyl (C=O) groups is 1. The van der Waals surface area contributed by atoms with E-state index < -0.39 is 4.92 Å². The molecule has 0 fully saturated rings. The molecule has 20 heavy (non-hydrogen) atoms. The summed E-state index contributed by atoms with van der Waals surface area (Å²) in [5.74, 6) is -0.353. The minimum atomic E-state index is -0.576. The Morgan fingerprint density at radius 1 is 1.45 bits per heavy atom. The summed E-state index contributed by atoms with van der Waals surface area (Å²) in [5.41, 5.74) is 0.428. The van der Waals surface area contributed by atoms with E-state index in [1.165, 1.54) is 19.1 Å². The van der Waals surface area contributed by atoms with Crippen molar-refractivity contribution in [3.63, 3.8) is 0 Å². The van der Waals surface area contributed by atoms with Gasteiger partial charge >= 0.3 is 0 Å². The normalized spacial score (nSPS) is 10.3. The third-order valence-electron chi connectivity index (χ3n) is 2.86. The molecule has 1 N–H and O–H groups in total. The van der Waals surface area contributed by atoms with E-state index in [2.05, 4.69) is 0 Å². The van der Waals surface area contributed by atoms with Gasteiger partial charge in [0.15, 0.2) is 5.78 Å². The summed E-state index contributed by atoms with van der Waals surface area (Å²) >= 11 is 0. The number of methoxy groups -OCH3 is 1. The van der Waals surface area contributed by atoms with Crippen molar-refractivity contribution in [1.82, 2.24) is 0 Å². The Bertz CT molecular complexity index is 490. The van der Waals surface area contributed by atoms with Crippen LogP contribution >= 0.6 is 0 Å². The molecule has 0 saturated heterocycles. The number of nitrogens with zero attached hydrogens (tertiary/aromatic N) is 2. The van der Waals surface area contributed by atoms with Crippen molar-refractivity contribution in [2.45, 2.75) is 6.92 Å². The zero-order valence-electron chi connectivity index (χ0n) is 11.5. The van der Waals surface area contributed by atoms with E-state index in [0.717, 1.165) is 0 Å². The topological polar surface area (TPSA) is 92.9 Å². The van der Waals surface area contributed by atoms with Crippen molar-refractivity contribution in [3.8, 4) is 0 Å². The van der Waals surface area contributed by atoms with Gasteiger partial charge in [0, 0.05) is 32.0 Å². The number of hydrogen-bond acceptors (Lipinski definition) is 6. The molecule has 7 heteroatoms. The Morgan fingerprint density at radius 3 is 2.65 bits per heavy atom. The minimum Gasteiger partial charge on any atom is -0.395 e. The smallest absolute Gasteiger partial charge is 0.282 e. The fourth-order valence-corrected chi connectivity index (χ4v) is 1.86. The van der Waals surface area contributed by atoms with Gasteiger partial charge in [-0.1, -0.05) is 0 Å². The number of ketones is 1. The van der Waals surface area contributed by atoms with Crippen LogP contribution < -0.4 is 4.90 Å². The van der Waals surface area contributed by atoms with Gasteiger partial charge in [-0.3, -0.25) is 14.9 Å². The molecule has 0 atom stereocenters. The van der Waals surface area contributed by atoms with Crippen molar-refractivity contribution in [1.29, 1.82) is 0 Å². The van der Waals surface area contributed by atoms with Gasteiger partial charge in [0.1, 0.15) is 0 Å². The maximum atomic E-state index is 11.4. The fourth-order valence-electron chi connectivity index (χ4n) is 1.86. The van der Waals surface area contributed by atoms with Gasteiger partial charge in [0.05, 0.1) is 23.7 Å². The Balaban J connectivity index is 3.13. The Labute approximate surface area is 116 Å². The van der Waals surface area contributed by atoms with E-state index >= 15 is 0 Å². The number of aliphatic hydroxyl groups is 1. The first kappa shape index (κ1) is 16.1. The summed E-state index contributed by atoms with van der Waals surface area (Å²) in [6.45, 7) is 2.47. The quantitative estimate of drug-likeness (QED) is 0.438. The molecule has 0 aliphatic heterocycles. The predicted molar refractivity (Wildman–Crippen MR) is 74.3 cm³/mol. The number of nitro benzene ring substituents is 1. The van der Waals surface area contributed by atoms with Crippen LogP contribution in [-0.2, 0) is 4.74 Å². The first-order chi connectivity index (χ1) is 9.51. The second-order valence-corrected chi connectivity index (χ2v) is 4.22. The molecule has 0 saturated carbocycles. The monoisotopic (exact) mass is 282 g/mol. The van der Waals surface area contributed by atoms with Crippen LogP contribution in [0, 0.1) is 10.1 Å². The lowest BCUT2D eigenvalue weighted by molar-refractivity contribution is -0.385. The van der Waals surface area contributed by atoms with Gasteiger partial charge in [0.2, 0.25) is 0 Å². The van der Waals surface area contributed by atoms with Gasteiger partial charge in [-0.15, -0.1) is 0 Å². The molecule has 1 aromatic carbocycles. The molecular formula is C13H18N2O5. The number of anilines is 1. The Kier molecular flexibility index (Phi) is 6.08. The molecule has 0 radical (unpaired) electrons. The zero-order chi connectivity index (χ0) is 15.1. The van der Waals surface area contributed by atoms with Crippen molar-refractivity contribution in [3.05, 3.63) is 33.9 Å². The number of hydrogen-bond donors (Lipinski definition) is 1. The van der Waals surface area contributed by atoms with Crippen LogP contribution in [0.5, 0.6) is 0 Å². The van der Waals surface area contributed by atoms with Crippen molar-refractivity contribution in [2.75, 3.05) is 38.3 Å². The molecule has 0 aliphatic rings. The van der Waals surface area contributed by atoms with Crippen LogP contribution in [0.15, 0.2) is 18.2 Å².